The van der Waals surface area contributed by atoms with E-state index in [0.29, 0.717) is 5.56 Å². The lowest BCUT2D eigenvalue weighted by Crippen LogP contribution is -2.43. The van der Waals surface area contributed by atoms with Crippen LogP contribution in [-0.4, -0.2) is 42.2 Å². The fourth-order valence-corrected chi connectivity index (χ4v) is 2.72. The van der Waals surface area contributed by atoms with E-state index in [1.807, 2.05) is 0 Å². The Kier molecular flexibility index (Phi) is 5.58. The smallest absolute Gasteiger partial charge is 0.279 e. The Morgan fingerprint density at radius 3 is 2.50 bits per heavy atom. The van der Waals surface area contributed by atoms with Gasteiger partial charge < -0.3 is 4.90 Å². The third-order valence-corrected chi connectivity index (χ3v) is 4.69. The minimum atomic E-state index is -3.83. The summed E-state index contributed by atoms with van der Waals surface area (Å²) in [4.78, 5) is 25.9. The van der Waals surface area contributed by atoms with Crippen LogP contribution in [0.4, 0.5) is 0 Å². The molecule has 0 spiro atoms. The molecular formula is C15H16BrN3O4S. The van der Waals surface area contributed by atoms with Crippen LogP contribution in [0.25, 0.3) is 0 Å². The highest BCUT2D eigenvalue weighted by atomic mass is 79.9. The number of allylic oxidation sites excluding steroid dienone is 1. The molecule has 0 fully saturated rings. The van der Waals surface area contributed by atoms with Gasteiger partial charge in [0.15, 0.2) is 5.78 Å². The van der Waals surface area contributed by atoms with Crippen molar-refractivity contribution in [3.63, 3.8) is 0 Å². The molecule has 0 aliphatic carbocycles. The van der Waals surface area contributed by atoms with Gasteiger partial charge in [-0.2, -0.15) is 4.41 Å². The second kappa shape index (κ2) is 7.29. The maximum absolute atomic E-state index is 12.3. The number of halogens is 1. The lowest BCUT2D eigenvalue weighted by Gasteiger charge is -2.22. The number of nitrogens with zero attached hydrogens (tertiary/aromatic N) is 2. The van der Waals surface area contributed by atoms with Crippen molar-refractivity contribution >= 4 is 37.6 Å². The van der Waals surface area contributed by atoms with Crippen molar-refractivity contribution in [2.75, 3.05) is 12.8 Å². The number of ketones is 1. The lowest BCUT2D eigenvalue weighted by molar-refractivity contribution is -0.123. The molecule has 1 aliphatic heterocycles. The highest BCUT2D eigenvalue weighted by Gasteiger charge is 2.24. The van der Waals surface area contributed by atoms with E-state index in [4.69, 9.17) is 5.84 Å². The maximum atomic E-state index is 12.3. The van der Waals surface area contributed by atoms with Crippen molar-refractivity contribution in [1.82, 2.24) is 9.31 Å². The van der Waals surface area contributed by atoms with Crippen LogP contribution in [0.5, 0.6) is 0 Å². The molecule has 0 saturated carbocycles. The van der Waals surface area contributed by atoms with E-state index in [9.17, 15) is 18.0 Å². The van der Waals surface area contributed by atoms with E-state index < -0.39 is 15.9 Å². The average molecular weight is 414 g/mol. The minimum Gasteiger partial charge on any atom is -0.346 e. The first-order valence-electron chi connectivity index (χ1n) is 6.89. The van der Waals surface area contributed by atoms with E-state index >= 15 is 0 Å². The molecule has 0 bridgehead atoms. The zero-order valence-electron chi connectivity index (χ0n) is 12.8. The van der Waals surface area contributed by atoms with E-state index in [1.54, 1.807) is 36.5 Å². The molecule has 1 amide bonds. The Hall–Kier alpha value is -1.97. The highest BCUT2D eigenvalue weighted by molar-refractivity contribution is 9.10. The summed E-state index contributed by atoms with van der Waals surface area (Å²) in [5, 5.41) is 0. The number of Topliss-reactive ketones (excluding diaryl/α,β-unsaturated/α-hetero) is 1. The number of hydrogen-bond acceptors (Lipinski definition) is 6. The molecule has 0 radical (unpaired) electrons. The van der Waals surface area contributed by atoms with Crippen LogP contribution in [0.3, 0.4) is 0 Å². The fourth-order valence-electron chi connectivity index (χ4n) is 2.04. The van der Waals surface area contributed by atoms with E-state index in [2.05, 4.69) is 15.9 Å². The number of hydrazine groups is 1. The third-order valence-electron chi connectivity index (χ3n) is 3.28. The van der Waals surface area contributed by atoms with Gasteiger partial charge in [0.25, 0.3) is 5.91 Å². The predicted octanol–water partition coefficient (Wildman–Crippen LogP) is 1.40. The Bertz CT molecular complexity index is 816. The molecule has 7 nitrogen and oxygen atoms in total. The summed E-state index contributed by atoms with van der Waals surface area (Å²) in [5.74, 6) is 4.37. The summed E-state index contributed by atoms with van der Waals surface area (Å²) in [7, 11) is -3.83. The van der Waals surface area contributed by atoms with Crippen LogP contribution in [0, 0.1) is 0 Å². The van der Waals surface area contributed by atoms with Crippen molar-refractivity contribution in [2.45, 2.75) is 6.42 Å². The van der Waals surface area contributed by atoms with Crippen molar-refractivity contribution in [1.29, 1.82) is 0 Å². The predicted molar refractivity (Wildman–Crippen MR) is 92.9 cm³/mol. The number of nitrogens with two attached hydrogens (primary N) is 1. The van der Waals surface area contributed by atoms with Crippen LogP contribution in [0.2, 0.25) is 0 Å². The van der Waals surface area contributed by atoms with Crippen LogP contribution < -0.4 is 5.84 Å². The van der Waals surface area contributed by atoms with Gasteiger partial charge in [0.1, 0.15) is 0 Å². The summed E-state index contributed by atoms with van der Waals surface area (Å²) in [6, 6.07) is 6.92. The summed E-state index contributed by atoms with van der Waals surface area (Å²) in [6.45, 7) is 0.0261. The first-order valence-corrected chi connectivity index (χ1v) is 9.54. The molecule has 1 heterocycles. The number of amides is 1. The summed E-state index contributed by atoms with van der Waals surface area (Å²) < 4.78 is 23.8. The van der Waals surface area contributed by atoms with Gasteiger partial charge >= 0.3 is 0 Å². The molecule has 128 valence electrons. The van der Waals surface area contributed by atoms with Crippen molar-refractivity contribution in [3.05, 3.63) is 58.4 Å². The molecule has 1 aliphatic rings. The Morgan fingerprint density at radius 2 is 1.92 bits per heavy atom. The Balaban J connectivity index is 2.11. The van der Waals surface area contributed by atoms with Crippen molar-refractivity contribution in [2.24, 2.45) is 5.84 Å². The van der Waals surface area contributed by atoms with Gasteiger partial charge in [-0.25, -0.2) is 14.3 Å². The number of hydrogen-bond donors (Lipinski definition) is 1. The summed E-state index contributed by atoms with van der Waals surface area (Å²) in [5.41, 5.74) is 0.726. The van der Waals surface area contributed by atoms with Crippen LogP contribution in [0.1, 0.15) is 16.8 Å². The number of rotatable bonds is 5. The van der Waals surface area contributed by atoms with Crippen LogP contribution in [0.15, 0.2) is 52.8 Å². The van der Waals surface area contributed by atoms with E-state index in [1.165, 1.54) is 11.1 Å². The van der Waals surface area contributed by atoms with Crippen molar-refractivity contribution in [3.8, 4) is 0 Å². The summed E-state index contributed by atoms with van der Waals surface area (Å²) in [6.07, 6.45) is 5.85. The molecule has 0 unspecified atom stereocenters. The molecule has 24 heavy (non-hydrogen) atoms. The normalized spacial score (nSPS) is 14.3. The van der Waals surface area contributed by atoms with Crippen LogP contribution in [-0.2, 0) is 14.8 Å². The SMILES string of the molecule is CS(=O)(=O)N(N)C(=O)C1=CN(CC(=O)c2ccc(Br)cc2)C=CC1. The van der Waals surface area contributed by atoms with Gasteiger partial charge in [-0.05, 0) is 18.6 Å². The van der Waals surface area contributed by atoms with Gasteiger partial charge in [0.05, 0.1) is 12.8 Å². The topological polar surface area (TPSA) is 101 Å². The highest BCUT2D eigenvalue weighted by Crippen LogP contribution is 2.16. The molecule has 0 atom stereocenters. The standard InChI is InChI=1S/C15H16BrN3O4S/c1-24(22,23)19(17)15(21)12-3-2-8-18(9-12)10-14(20)11-4-6-13(16)7-5-11/h2,4-9H,3,10,17H2,1H3. The lowest BCUT2D eigenvalue weighted by atomic mass is 10.1. The molecule has 2 N–H and O–H groups in total. The first-order chi connectivity index (χ1) is 11.2. The Morgan fingerprint density at radius 1 is 1.29 bits per heavy atom. The maximum Gasteiger partial charge on any atom is 0.279 e. The molecule has 9 heteroatoms. The van der Waals surface area contributed by atoms with Gasteiger partial charge in [-0.1, -0.05) is 34.1 Å². The second-order valence-corrected chi connectivity index (χ2v) is 7.98. The average Bonchev–Trinajstić information content (AvgIpc) is 2.53. The molecule has 0 aromatic heterocycles. The van der Waals surface area contributed by atoms with Gasteiger partial charge in [-0.15, -0.1) is 0 Å². The molecule has 2 rings (SSSR count). The van der Waals surface area contributed by atoms with Gasteiger partial charge in [-0.3, -0.25) is 9.59 Å². The Labute approximate surface area is 148 Å². The molecule has 1 aromatic carbocycles. The molecule has 0 saturated heterocycles. The fraction of sp³-hybridized carbons (Fsp3) is 0.200. The van der Waals surface area contributed by atoms with E-state index in [0.717, 1.165) is 10.7 Å². The zero-order valence-corrected chi connectivity index (χ0v) is 15.2. The zero-order chi connectivity index (χ0) is 17.9. The van der Waals surface area contributed by atoms with Gasteiger partial charge in [0.2, 0.25) is 10.0 Å². The molecule has 1 aromatic rings. The monoisotopic (exact) mass is 413 g/mol. The second-order valence-electron chi connectivity index (χ2n) is 5.21. The largest absolute Gasteiger partial charge is 0.346 e. The first kappa shape index (κ1) is 18.4. The number of carbonyl (C=O) groups is 2. The molecular weight excluding hydrogens is 398 g/mol. The van der Waals surface area contributed by atoms with E-state index in [-0.39, 0.29) is 28.7 Å². The van der Waals surface area contributed by atoms with Crippen LogP contribution >= 0.6 is 15.9 Å². The number of benzene rings is 1. The van der Waals surface area contributed by atoms with Gasteiger partial charge in [0, 0.05) is 28.0 Å². The van der Waals surface area contributed by atoms with Crippen molar-refractivity contribution < 1.29 is 18.0 Å². The summed E-state index contributed by atoms with van der Waals surface area (Å²) >= 11 is 3.30. The third kappa shape index (κ3) is 4.53. The number of sulfonamides is 1. The minimum absolute atomic E-state index is 0.0261. The quantitative estimate of drug-likeness (QED) is 0.338. The number of carbonyl (C=O) groups excluding carboxylic acids is 2.